The highest BCUT2D eigenvalue weighted by Crippen LogP contribution is 2.40. The third kappa shape index (κ3) is 5.73. The molecule has 11 heteroatoms. The standard InChI is InChI=1S/C25H31FN4O4S2/c1-14-19(36-13-28-14)16-6-4-15(5-7-16)11-27-21(32)18-10-17(31)12-30(18)22(33)20(24(2,3)35)29-23(34)25(26)8-9-25/h4-7,13,17-18,20,31,35H,8-12H2,1-3H3,(H,27,32)(H,29,34)/t17-,18-,20+/m0/s1. The molecular weight excluding hydrogens is 503 g/mol. The van der Waals surface area contributed by atoms with Crippen LogP contribution in [0.4, 0.5) is 4.39 Å². The number of nitrogens with one attached hydrogen (secondary N) is 2. The van der Waals surface area contributed by atoms with Gasteiger partial charge >= 0.3 is 0 Å². The molecular formula is C25H31FN4O4S2. The molecule has 2 fully saturated rings. The fraction of sp³-hybridized carbons (Fsp3) is 0.520. The summed E-state index contributed by atoms with van der Waals surface area (Å²) in [7, 11) is 0. The van der Waals surface area contributed by atoms with E-state index in [0.29, 0.717) is 0 Å². The van der Waals surface area contributed by atoms with Crippen molar-refractivity contribution in [1.29, 1.82) is 0 Å². The van der Waals surface area contributed by atoms with Gasteiger partial charge in [-0.2, -0.15) is 12.6 Å². The molecule has 0 unspecified atom stereocenters. The minimum Gasteiger partial charge on any atom is -0.391 e. The van der Waals surface area contributed by atoms with Gasteiger partial charge in [-0.15, -0.1) is 11.3 Å². The van der Waals surface area contributed by atoms with E-state index in [0.717, 1.165) is 21.7 Å². The number of alkyl halides is 1. The molecule has 0 spiro atoms. The van der Waals surface area contributed by atoms with Crippen LogP contribution >= 0.6 is 24.0 Å². The van der Waals surface area contributed by atoms with Crippen LogP contribution in [0.2, 0.25) is 0 Å². The van der Waals surface area contributed by atoms with Crippen LogP contribution in [0.1, 0.15) is 44.4 Å². The molecule has 3 amide bonds. The summed E-state index contributed by atoms with van der Waals surface area (Å²) in [5, 5.41) is 15.6. The van der Waals surface area contributed by atoms with Gasteiger partial charge in [-0.1, -0.05) is 24.3 Å². The highest BCUT2D eigenvalue weighted by Gasteiger charge is 2.53. The van der Waals surface area contributed by atoms with E-state index in [1.54, 1.807) is 30.7 Å². The number of carbonyl (C=O) groups excluding carboxylic acids is 3. The number of likely N-dealkylation sites (tertiary alicyclic amines) is 1. The van der Waals surface area contributed by atoms with Crippen LogP contribution in [0.25, 0.3) is 10.4 Å². The van der Waals surface area contributed by atoms with Crippen molar-refractivity contribution in [3.63, 3.8) is 0 Å². The average Bonchev–Trinajstić information content (AvgIpc) is 3.23. The molecule has 4 rings (SSSR count). The number of aryl methyl sites for hydroxylation is 1. The molecule has 1 aliphatic heterocycles. The molecule has 0 bridgehead atoms. The smallest absolute Gasteiger partial charge is 0.258 e. The molecule has 2 heterocycles. The predicted octanol–water partition coefficient (Wildman–Crippen LogP) is 2.39. The van der Waals surface area contributed by atoms with Crippen LogP contribution in [-0.4, -0.2) is 67.9 Å². The monoisotopic (exact) mass is 534 g/mol. The fourth-order valence-corrected chi connectivity index (χ4v) is 5.26. The molecule has 3 N–H and O–H groups in total. The first-order valence-corrected chi connectivity index (χ1v) is 13.2. The van der Waals surface area contributed by atoms with Gasteiger partial charge in [0.05, 0.1) is 22.2 Å². The van der Waals surface area contributed by atoms with Gasteiger partial charge in [0.15, 0.2) is 5.67 Å². The maximum atomic E-state index is 14.3. The number of amides is 3. The molecule has 1 aromatic carbocycles. The lowest BCUT2D eigenvalue weighted by Gasteiger charge is -2.35. The fourth-order valence-electron chi connectivity index (χ4n) is 4.27. The van der Waals surface area contributed by atoms with E-state index < -0.39 is 46.3 Å². The molecule has 3 atom stereocenters. The zero-order valence-corrected chi connectivity index (χ0v) is 22.2. The van der Waals surface area contributed by atoms with Crippen LogP contribution in [0.3, 0.4) is 0 Å². The van der Waals surface area contributed by atoms with Crippen molar-refractivity contribution < 1.29 is 23.9 Å². The number of carbonyl (C=O) groups is 3. The first-order chi connectivity index (χ1) is 16.9. The highest BCUT2D eigenvalue weighted by molar-refractivity contribution is 7.81. The molecule has 1 aliphatic carbocycles. The molecule has 1 aromatic heterocycles. The van der Waals surface area contributed by atoms with E-state index in [-0.39, 0.29) is 32.4 Å². The first kappa shape index (κ1) is 26.6. The summed E-state index contributed by atoms with van der Waals surface area (Å²) in [6, 6.07) is 5.70. The third-order valence-electron chi connectivity index (χ3n) is 6.62. The first-order valence-electron chi connectivity index (χ1n) is 11.9. The Balaban J connectivity index is 1.42. The third-order valence-corrected chi connectivity index (χ3v) is 7.85. The second kappa shape index (κ2) is 10.1. The summed E-state index contributed by atoms with van der Waals surface area (Å²) in [5.74, 6) is -1.83. The van der Waals surface area contributed by atoms with Gasteiger partial charge in [-0.25, -0.2) is 9.37 Å². The summed E-state index contributed by atoms with van der Waals surface area (Å²) in [6.45, 7) is 5.41. The maximum absolute atomic E-state index is 14.3. The number of aliphatic hydroxyl groups excluding tert-OH is 1. The SMILES string of the molecule is Cc1ncsc1-c1ccc(CNC(=O)[C@@H]2C[C@H](O)CN2C(=O)[C@@H](NC(=O)C2(F)CC2)C(C)(C)S)cc1. The van der Waals surface area contributed by atoms with Crippen LogP contribution in [-0.2, 0) is 20.9 Å². The lowest BCUT2D eigenvalue weighted by Crippen LogP contribution is -2.60. The summed E-state index contributed by atoms with van der Waals surface area (Å²) in [4.78, 5) is 45.4. The van der Waals surface area contributed by atoms with Crippen LogP contribution < -0.4 is 10.6 Å². The molecule has 2 aromatic rings. The number of hydrogen-bond donors (Lipinski definition) is 4. The van der Waals surface area contributed by atoms with E-state index in [9.17, 15) is 23.9 Å². The van der Waals surface area contributed by atoms with Crippen LogP contribution in [0.5, 0.6) is 0 Å². The molecule has 2 aliphatic rings. The number of halogens is 1. The Hall–Kier alpha value is -2.50. The maximum Gasteiger partial charge on any atom is 0.258 e. The number of rotatable bonds is 8. The van der Waals surface area contributed by atoms with Gasteiger partial charge in [0.1, 0.15) is 12.1 Å². The van der Waals surface area contributed by atoms with Crippen LogP contribution in [0, 0.1) is 6.92 Å². The summed E-state index contributed by atoms with van der Waals surface area (Å²) < 4.78 is 13.2. The van der Waals surface area contributed by atoms with Crippen molar-refractivity contribution in [1.82, 2.24) is 20.5 Å². The van der Waals surface area contributed by atoms with Gasteiger partial charge in [-0.05, 0) is 44.7 Å². The number of thiazole rings is 1. The summed E-state index contributed by atoms with van der Waals surface area (Å²) in [5.41, 5.74) is 2.74. The van der Waals surface area contributed by atoms with Gasteiger partial charge < -0.3 is 20.6 Å². The minimum absolute atomic E-state index is 0.0587. The normalized spacial score (nSPS) is 21.7. The van der Waals surface area contributed by atoms with Crippen molar-refractivity contribution in [2.24, 2.45) is 0 Å². The lowest BCUT2D eigenvalue weighted by atomic mass is 10.0. The average molecular weight is 535 g/mol. The lowest BCUT2D eigenvalue weighted by molar-refractivity contribution is -0.143. The zero-order valence-electron chi connectivity index (χ0n) is 20.5. The Bertz CT molecular complexity index is 1140. The number of aromatic nitrogens is 1. The van der Waals surface area contributed by atoms with E-state index in [4.69, 9.17) is 0 Å². The van der Waals surface area contributed by atoms with Crippen molar-refractivity contribution in [3.05, 3.63) is 41.0 Å². The second-order valence-electron chi connectivity index (χ2n) is 10.1. The molecule has 8 nitrogen and oxygen atoms in total. The number of β-amino-alcohol motifs (C(OH)–C–C–N with tert-alkyl or cyclic N) is 1. The number of aliphatic hydroxyl groups is 1. The van der Waals surface area contributed by atoms with E-state index in [1.165, 1.54) is 4.90 Å². The van der Waals surface area contributed by atoms with E-state index >= 15 is 0 Å². The van der Waals surface area contributed by atoms with Crippen molar-refractivity contribution in [3.8, 4) is 10.4 Å². The molecule has 0 radical (unpaired) electrons. The molecule has 36 heavy (non-hydrogen) atoms. The summed E-state index contributed by atoms with van der Waals surface area (Å²) in [6.07, 6.45) is -0.584. The number of thiol groups is 1. The second-order valence-corrected chi connectivity index (χ2v) is 12.1. The largest absolute Gasteiger partial charge is 0.391 e. The van der Waals surface area contributed by atoms with E-state index in [1.807, 2.05) is 31.2 Å². The Morgan fingerprint density at radius 1 is 1.31 bits per heavy atom. The predicted molar refractivity (Wildman–Crippen MR) is 138 cm³/mol. The molecule has 1 saturated heterocycles. The Labute approximate surface area is 219 Å². The number of nitrogens with zero attached hydrogens (tertiary/aromatic N) is 2. The number of benzene rings is 1. The van der Waals surface area contributed by atoms with Gasteiger partial charge in [0.2, 0.25) is 11.8 Å². The quantitative estimate of drug-likeness (QED) is 0.389. The van der Waals surface area contributed by atoms with Crippen molar-refractivity contribution in [2.75, 3.05) is 6.54 Å². The van der Waals surface area contributed by atoms with Gasteiger partial charge in [0, 0.05) is 24.3 Å². The Morgan fingerprint density at radius 2 is 1.97 bits per heavy atom. The Kier molecular flexibility index (Phi) is 7.45. The number of hydrogen-bond acceptors (Lipinski definition) is 7. The zero-order chi connectivity index (χ0) is 26.3. The topological polar surface area (TPSA) is 112 Å². The van der Waals surface area contributed by atoms with Crippen LogP contribution in [0.15, 0.2) is 29.8 Å². The van der Waals surface area contributed by atoms with E-state index in [2.05, 4.69) is 28.2 Å². The Morgan fingerprint density at radius 3 is 2.53 bits per heavy atom. The van der Waals surface area contributed by atoms with Crippen molar-refractivity contribution >= 4 is 41.7 Å². The van der Waals surface area contributed by atoms with Gasteiger partial charge in [0.25, 0.3) is 5.91 Å². The molecule has 194 valence electrons. The van der Waals surface area contributed by atoms with Gasteiger partial charge in [-0.3, -0.25) is 14.4 Å². The summed E-state index contributed by atoms with van der Waals surface area (Å²) >= 11 is 6.02. The minimum atomic E-state index is -1.95. The van der Waals surface area contributed by atoms with Crippen molar-refractivity contribution in [2.45, 2.75) is 75.2 Å². The highest BCUT2D eigenvalue weighted by atomic mass is 32.1. The molecule has 1 saturated carbocycles.